The van der Waals surface area contributed by atoms with Crippen LogP contribution in [0.2, 0.25) is 5.02 Å². The molecule has 7 heteroatoms. The molecular weight excluding hydrogens is 419 g/mol. The molecule has 1 N–H and O–H groups in total. The summed E-state index contributed by atoms with van der Waals surface area (Å²) in [5, 5.41) is 2.78. The molecular formula is C13H6Br2ClF2NO. The van der Waals surface area contributed by atoms with Crippen LogP contribution in [0.3, 0.4) is 0 Å². The summed E-state index contributed by atoms with van der Waals surface area (Å²) in [7, 11) is 0. The highest BCUT2D eigenvalue weighted by atomic mass is 79.9. The standard InChI is InChI=1S/C13H6Br2ClF2NO/c14-6-4-8(17)11(9(18)5-6)13(20)19-10-3-1-2-7(16)12(10)15/h1-5H,(H,19,20). The summed E-state index contributed by atoms with van der Waals surface area (Å²) in [6.45, 7) is 0. The van der Waals surface area contributed by atoms with Gasteiger partial charge >= 0.3 is 0 Å². The number of carbonyl (C=O) groups excluding carboxylic acids is 1. The zero-order valence-electron chi connectivity index (χ0n) is 9.68. The van der Waals surface area contributed by atoms with Crippen LogP contribution in [0.4, 0.5) is 14.5 Å². The van der Waals surface area contributed by atoms with Gasteiger partial charge in [0.15, 0.2) is 0 Å². The van der Waals surface area contributed by atoms with Crippen LogP contribution in [0.25, 0.3) is 0 Å². The Morgan fingerprint density at radius 2 is 1.75 bits per heavy atom. The first kappa shape index (κ1) is 15.4. The molecule has 0 bridgehead atoms. The Morgan fingerprint density at radius 1 is 1.15 bits per heavy atom. The normalized spacial score (nSPS) is 10.4. The van der Waals surface area contributed by atoms with E-state index in [-0.39, 0.29) is 4.47 Å². The van der Waals surface area contributed by atoms with Crippen LogP contribution in [0.1, 0.15) is 10.4 Å². The maximum Gasteiger partial charge on any atom is 0.261 e. The van der Waals surface area contributed by atoms with Crippen molar-refractivity contribution in [1.29, 1.82) is 0 Å². The summed E-state index contributed by atoms with van der Waals surface area (Å²) >= 11 is 12.0. The molecule has 20 heavy (non-hydrogen) atoms. The van der Waals surface area contributed by atoms with Crippen LogP contribution in [0, 0.1) is 11.6 Å². The van der Waals surface area contributed by atoms with Gasteiger partial charge in [-0.25, -0.2) is 8.78 Å². The Bertz CT molecular complexity index is 671. The number of rotatable bonds is 2. The van der Waals surface area contributed by atoms with Crippen LogP contribution >= 0.6 is 43.5 Å². The van der Waals surface area contributed by atoms with E-state index in [1.54, 1.807) is 18.2 Å². The molecule has 0 saturated heterocycles. The van der Waals surface area contributed by atoms with Gasteiger partial charge in [0.2, 0.25) is 0 Å². The number of benzene rings is 2. The second kappa shape index (κ2) is 6.20. The number of nitrogens with one attached hydrogen (secondary N) is 1. The third kappa shape index (κ3) is 3.19. The van der Waals surface area contributed by atoms with E-state index in [1.165, 1.54) is 0 Å². The molecule has 0 aliphatic heterocycles. The minimum atomic E-state index is -0.951. The Morgan fingerprint density at radius 3 is 2.35 bits per heavy atom. The van der Waals surface area contributed by atoms with E-state index in [0.29, 0.717) is 15.2 Å². The fraction of sp³-hybridized carbons (Fsp3) is 0. The van der Waals surface area contributed by atoms with E-state index in [2.05, 4.69) is 37.2 Å². The van der Waals surface area contributed by atoms with E-state index in [1.807, 2.05) is 0 Å². The Balaban J connectivity index is 2.36. The molecule has 0 unspecified atom stereocenters. The van der Waals surface area contributed by atoms with Gasteiger partial charge in [-0.15, -0.1) is 0 Å². The van der Waals surface area contributed by atoms with Crippen LogP contribution in [0.5, 0.6) is 0 Å². The van der Waals surface area contributed by atoms with Crippen molar-refractivity contribution >= 4 is 55.1 Å². The van der Waals surface area contributed by atoms with E-state index < -0.39 is 23.1 Å². The smallest absolute Gasteiger partial charge is 0.261 e. The summed E-state index contributed by atoms with van der Waals surface area (Å²) < 4.78 is 28.0. The molecule has 0 fully saturated rings. The highest BCUT2D eigenvalue weighted by molar-refractivity contribution is 9.11. The van der Waals surface area contributed by atoms with Crippen molar-refractivity contribution in [2.75, 3.05) is 5.32 Å². The van der Waals surface area contributed by atoms with Gasteiger partial charge in [0.1, 0.15) is 17.2 Å². The lowest BCUT2D eigenvalue weighted by atomic mass is 10.2. The molecule has 0 atom stereocenters. The molecule has 104 valence electrons. The number of carbonyl (C=O) groups is 1. The lowest BCUT2D eigenvalue weighted by molar-refractivity contribution is 0.101. The van der Waals surface area contributed by atoms with Crippen LogP contribution in [-0.2, 0) is 0 Å². The minimum Gasteiger partial charge on any atom is -0.321 e. The van der Waals surface area contributed by atoms with E-state index in [4.69, 9.17) is 11.6 Å². The Kier molecular flexibility index (Phi) is 4.78. The van der Waals surface area contributed by atoms with Gasteiger partial charge in [-0.2, -0.15) is 0 Å². The maximum absolute atomic E-state index is 13.7. The second-order valence-electron chi connectivity index (χ2n) is 3.80. The summed E-state index contributed by atoms with van der Waals surface area (Å²) in [6.07, 6.45) is 0. The molecule has 0 aromatic heterocycles. The summed E-state index contributed by atoms with van der Waals surface area (Å²) in [5.41, 5.74) is -0.329. The number of hydrogen-bond donors (Lipinski definition) is 1. The molecule has 0 heterocycles. The van der Waals surface area contributed by atoms with Crippen molar-refractivity contribution in [3.8, 4) is 0 Å². The average molecular weight is 425 g/mol. The third-order valence-electron chi connectivity index (χ3n) is 2.43. The van der Waals surface area contributed by atoms with E-state index >= 15 is 0 Å². The lowest BCUT2D eigenvalue weighted by Gasteiger charge is -2.10. The lowest BCUT2D eigenvalue weighted by Crippen LogP contribution is -2.16. The minimum absolute atomic E-state index is 0.216. The van der Waals surface area contributed by atoms with Crippen molar-refractivity contribution in [2.24, 2.45) is 0 Å². The van der Waals surface area contributed by atoms with E-state index in [9.17, 15) is 13.6 Å². The van der Waals surface area contributed by atoms with Gasteiger partial charge in [0.25, 0.3) is 5.91 Å². The van der Waals surface area contributed by atoms with Crippen molar-refractivity contribution in [3.63, 3.8) is 0 Å². The molecule has 0 aliphatic carbocycles. The molecule has 0 saturated carbocycles. The average Bonchev–Trinajstić information content (AvgIpc) is 2.33. The fourth-order valence-electron chi connectivity index (χ4n) is 1.54. The quantitative estimate of drug-likeness (QED) is 0.686. The summed E-state index contributed by atoms with van der Waals surface area (Å²) in [6, 6.07) is 6.82. The van der Waals surface area contributed by atoms with Gasteiger partial charge in [-0.05, 0) is 40.2 Å². The maximum atomic E-state index is 13.7. The predicted octanol–water partition coefficient (Wildman–Crippen LogP) is 5.40. The first-order valence-corrected chi connectivity index (χ1v) is 7.26. The third-order valence-corrected chi connectivity index (χ3v) is 4.29. The van der Waals surface area contributed by atoms with Gasteiger partial charge in [0, 0.05) is 4.47 Å². The van der Waals surface area contributed by atoms with Crippen molar-refractivity contribution in [3.05, 3.63) is 61.5 Å². The van der Waals surface area contributed by atoms with Crippen molar-refractivity contribution < 1.29 is 13.6 Å². The van der Waals surface area contributed by atoms with Gasteiger partial charge in [-0.1, -0.05) is 33.6 Å². The molecule has 2 nitrogen and oxygen atoms in total. The largest absolute Gasteiger partial charge is 0.321 e. The molecule has 0 aliphatic rings. The molecule has 2 rings (SSSR count). The first-order valence-electron chi connectivity index (χ1n) is 5.30. The highest BCUT2D eigenvalue weighted by Gasteiger charge is 2.19. The first-order chi connectivity index (χ1) is 9.40. The topological polar surface area (TPSA) is 29.1 Å². The second-order valence-corrected chi connectivity index (χ2v) is 5.92. The molecule has 1 amide bonds. The molecule has 2 aromatic rings. The fourth-order valence-corrected chi connectivity index (χ4v) is 2.48. The van der Waals surface area contributed by atoms with Gasteiger partial charge in [0.05, 0.1) is 15.2 Å². The number of anilines is 1. The van der Waals surface area contributed by atoms with Gasteiger partial charge < -0.3 is 5.32 Å². The monoisotopic (exact) mass is 423 g/mol. The summed E-state index contributed by atoms with van der Waals surface area (Å²) in [4.78, 5) is 12.0. The molecule has 2 aromatic carbocycles. The SMILES string of the molecule is O=C(Nc1cccc(Cl)c1Br)c1c(F)cc(Br)cc1F. The molecule has 0 radical (unpaired) electrons. The van der Waals surface area contributed by atoms with Crippen LogP contribution in [-0.4, -0.2) is 5.91 Å². The number of hydrogen-bond acceptors (Lipinski definition) is 1. The van der Waals surface area contributed by atoms with Crippen LogP contribution < -0.4 is 5.32 Å². The Hall–Kier alpha value is -0.980. The van der Waals surface area contributed by atoms with Gasteiger partial charge in [-0.3, -0.25) is 4.79 Å². The predicted molar refractivity (Wildman–Crippen MR) is 81.2 cm³/mol. The number of halogens is 5. The summed E-state index contributed by atoms with van der Waals surface area (Å²) in [5.74, 6) is -2.80. The van der Waals surface area contributed by atoms with Crippen molar-refractivity contribution in [1.82, 2.24) is 0 Å². The van der Waals surface area contributed by atoms with E-state index in [0.717, 1.165) is 12.1 Å². The zero-order chi connectivity index (χ0) is 14.9. The van der Waals surface area contributed by atoms with Crippen molar-refractivity contribution in [2.45, 2.75) is 0 Å². The number of amides is 1. The zero-order valence-corrected chi connectivity index (χ0v) is 13.6. The molecule has 0 spiro atoms. The highest BCUT2D eigenvalue weighted by Crippen LogP contribution is 2.30. The van der Waals surface area contributed by atoms with Crippen LogP contribution in [0.15, 0.2) is 39.3 Å². The Labute approximate surface area is 135 Å².